The zero-order chi connectivity index (χ0) is 14.4. The van der Waals surface area contributed by atoms with Gasteiger partial charge >= 0.3 is 11.9 Å². The van der Waals surface area contributed by atoms with Gasteiger partial charge in [0.2, 0.25) is 0 Å². The average Bonchev–Trinajstić information content (AvgIpc) is 2.36. The third kappa shape index (κ3) is 14.4. The molecule has 0 heterocycles. The summed E-state index contributed by atoms with van der Waals surface area (Å²) in [6, 6.07) is 0. The van der Waals surface area contributed by atoms with Gasteiger partial charge in [-0.05, 0) is 19.3 Å². The first-order valence-corrected chi connectivity index (χ1v) is 6.19. The Morgan fingerprint density at radius 2 is 1.78 bits per heavy atom. The highest BCUT2D eigenvalue weighted by Crippen LogP contribution is 2.03. The number of unbranched alkanes of at least 4 members (excludes halogenated alkanes) is 2. The summed E-state index contributed by atoms with van der Waals surface area (Å²) < 4.78 is 4.67. The number of carbonyl (C=O) groups is 2. The number of carboxylic acids is 1. The van der Waals surface area contributed by atoms with Crippen LogP contribution < -0.4 is 0 Å². The molecule has 4 heteroatoms. The van der Waals surface area contributed by atoms with Gasteiger partial charge in [-0.15, -0.1) is 0 Å². The summed E-state index contributed by atoms with van der Waals surface area (Å²) in [7, 11) is 0. The number of rotatable bonds is 8. The lowest BCUT2D eigenvalue weighted by atomic mass is 10.1. The number of ether oxygens (including phenoxy) is 1. The fraction of sp³-hybridized carbons (Fsp3) is 0.571. The van der Waals surface area contributed by atoms with E-state index in [0.717, 1.165) is 25.7 Å². The second-order valence-electron chi connectivity index (χ2n) is 3.74. The van der Waals surface area contributed by atoms with Crippen molar-refractivity contribution in [2.24, 2.45) is 0 Å². The highest BCUT2D eigenvalue weighted by atomic mass is 16.5. The molecule has 0 aliphatic heterocycles. The van der Waals surface area contributed by atoms with Crippen molar-refractivity contribution in [2.45, 2.75) is 46.0 Å². The third-order valence-electron chi connectivity index (χ3n) is 2.04. The van der Waals surface area contributed by atoms with Gasteiger partial charge in [-0.2, -0.15) is 0 Å². The molecule has 0 radical (unpaired) electrons. The molecule has 0 aliphatic rings. The zero-order valence-electron chi connectivity index (χ0n) is 11.4. The minimum absolute atomic E-state index is 0.317. The normalized spacial score (nSPS) is 8.78. The number of aliphatic carboxylic acids is 1. The Bertz CT molecular complexity index is 267. The Morgan fingerprint density at radius 1 is 1.22 bits per heavy atom. The van der Waals surface area contributed by atoms with Crippen LogP contribution in [0.1, 0.15) is 46.0 Å². The monoisotopic (exact) mass is 256 g/mol. The highest BCUT2D eigenvalue weighted by Gasteiger charge is 2.00. The molecule has 0 bridgehead atoms. The predicted molar refractivity (Wildman–Crippen MR) is 72.4 cm³/mol. The van der Waals surface area contributed by atoms with E-state index in [-0.39, 0.29) is 5.97 Å². The predicted octanol–water partition coefficient (Wildman–Crippen LogP) is 3.33. The van der Waals surface area contributed by atoms with Crippen LogP contribution in [0.4, 0.5) is 0 Å². The Hall–Kier alpha value is -1.58. The van der Waals surface area contributed by atoms with Crippen LogP contribution in [-0.4, -0.2) is 23.7 Å². The molecule has 0 aromatic heterocycles. The molecule has 0 fully saturated rings. The van der Waals surface area contributed by atoms with Crippen LogP contribution in [0.5, 0.6) is 0 Å². The van der Waals surface area contributed by atoms with Gasteiger partial charge in [0.15, 0.2) is 0 Å². The Kier molecular flexibility index (Phi) is 14.1. The van der Waals surface area contributed by atoms with Crippen molar-refractivity contribution >= 4 is 11.9 Å². The zero-order valence-corrected chi connectivity index (χ0v) is 11.4. The van der Waals surface area contributed by atoms with Crippen LogP contribution in [0, 0.1) is 0 Å². The molecule has 0 spiro atoms. The van der Waals surface area contributed by atoms with Gasteiger partial charge in [0.1, 0.15) is 0 Å². The molecule has 0 rings (SSSR count). The first kappa shape index (κ1) is 18.8. The van der Waals surface area contributed by atoms with E-state index < -0.39 is 5.97 Å². The summed E-state index contributed by atoms with van der Waals surface area (Å²) >= 11 is 0. The number of carbonyl (C=O) groups excluding carboxylic acids is 1. The first-order valence-electron chi connectivity index (χ1n) is 6.19. The second kappa shape index (κ2) is 13.5. The summed E-state index contributed by atoms with van der Waals surface area (Å²) in [6.45, 7) is 11.2. The molecule has 104 valence electrons. The van der Waals surface area contributed by atoms with Crippen molar-refractivity contribution in [3.63, 3.8) is 0 Å². The molecule has 4 nitrogen and oxygen atoms in total. The van der Waals surface area contributed by atoms with Crippen molar-refractivity contribution < 1.29 is 19.4 Å². The lowest BCUT2D eigenvalue weighted by Gasteiger charge is -1.97. The van der Waals surface area contributed by atoms with Crippen LogP contribution in [0.25, 0.3) is 0 Å². The second-order valence-corrected chi connectivity index (χ2v) is 3.74. The van der Waals surface area contributed by atoms with Gasteiger partial charge < -0.3 is 9.84 Å². The standard InChI is InChI=1S/2C7H12O2/c1-3-4-5-6(2)7(8)9;1-3-5-6-9-7(8)4-2/h2-5H2,1H3,(H,8,9);4H,2-3,5-6H2,1H3. The van der Waals surface area contributed by atoms with E-state index in [0.29, 0.717) is 18.6 Å². The van der Waals surface area contributed by atoms with Crippen LogP contribution in [0.15, 0.2) is 24.8 Å². The molecule has 18 heavy (non-hydrogen) atoms. The molecule has 0 aromatic rings. The molecule has 0 unspecified atom stereocenters. The Labute approximate surface area is 109 Å². The quantitative estimate of drug-likeness (QED) is 0.411. The minimum atomic E-state index is -0.872. The van der Waals surface area contributed by atoms with E-state index in [9.17, 15) is 9.59 Å². The van der Waals surface area contributed by atoms with Crippen molar-refractivity contribution in [1.29, 1.82) is 0 Å². The van der Waals surface area contributed by atoms with Gasteiger partial charge in [0.05, 0.1) is 6.61 Å². The van der Waals surface area contributed by atoms with Crippen molar-refractivity contribution in [1.82, 2.24) is 0 Å². The van der Waals surface area contributed by atoms with Crippen LogP contribution in [-0.2, 0) is 14.3 Å². The maximum Gasteiger partial charge on any atom is 0.330 e. The van der Waals surface area contributed by atoms with Crippen molar-refractivity contribution in [2.75, 3.05) is 6.61 Å². The lowest BCUT2D eigenvalue weighted by Crippen LogP contribution is -2.00. The number of esters is 1. The summed E-state index contributed by atoms with van der Waals surface area (Å²) in [5.41, 5.74) is 0.317. The molecule has 0 aromatic carbocycles. The van der Waals surface area contributed by atoms with Crippen molar-refractivity contribution in [3.8, 4) is 0 Å². The largest absolute Gasteiger partial charge is 0.478 e. The molecular weight excluding hydrogens is 232 g/mol. The van der Waals surface area contributed by atoms with E-state index in [1.807, 2.05) is 13.8 Å². The van der Waals surface area contributed by atoms with Crippen LogP contribution >= 0.6 is 0 Å². The van der Waals surface area contributed by atoms with E-state index in [2.05, 4.69) is 17.9 Å². The van der Waals surface area contributed by atoms with Crippen LogP contribution in [0.2, 0.25) is 0 Å². The van der Waals surface area contributed by atoms with E-state index in [1.54, 1.807) is 0 Å². The van der Waals surface area contributed by atoms with Gasteiger partial charge in [0, 0.05) is 11.6 Å². The topological polar surface area (TPSA) is 63.6 Å². The molecule has 1 N–H and O–H groups in total. The van der Waals surface area contributed by atoms with Gasteiger partial charge in [0.25, 0.3) is 0 Å². The molecule has 0 amide bonds. The summed E-state index contributed by atoms with van der Waals surface area (Å²) in [6.07, 6.45) is 5.71. The first-order chi connectivity index (χ1) is 8.49. The summed E-state index contributed by atoms with van der Waals surface area (Å²) in [4.78, 5) is 20.5. The molecule has 0 saturated heterocycles. The van der Waals surface area contributed by atoms with E-state index >= 15 is 0 Å². The van der Waals surface area contributed by atoms with E-state index in [4.69, 9.17) is 5.11 Å². The molecule has 0 saturated carbocycles. The highest BCUT2D eigenvalue weighted by molar-refractivity contribution is 5.85. The fourth-order valence-electron chi connectivity index (χ4n) is 0.873. The molecule has 0 aliphatic carbocycles. The maximum absolute atomic E-state index is 10.3. The molecular formula is C14H24O4. The number of hydrogen-bond acceptors (Lipinski definition) is 3. The van der Waals surface area contributed by atoms with Gasteiger partial charge in [-0.1, -0.05) is 39.8 Å². The third-order valence-corrected chi connectivity index (χ3v) is 2.04. The minimum Gasteiger partial charge on any atom is -0.478 e. The Balaban J connectivity index is 0. The number of carboxylic acid groups (broad SMARTS) is 1. The average molecular weight is 256 g/mol. The summed E-state index contributed by atoms with van der Waals surface area (Å²) in [5.74, 6) is -1.20. The SMILES string of the molecule is C=C(CCCC)C(=O)O.C=CC(=O)OCCCC. The van der Waals surface area contributed by atoms with Gasteiger partial charge in [-0.25, -0.2) is 9.59 Å². The Morgan fingerprint density at radius 3 is 2.17 bits per heavy atom. The maximum atomic E-state index is 10.3. The lowest BCUT2D eigenvalue weighted by molar-refractivity contribution is -0.138. The summed E-state index contributed by atoms with van der Waals surface area (Å²) in [5, 5.41) is 8.31. The number of hydrogen-bond donors (Lipinski definition) is 1. The molecule has 0 atom stereocenters. The smallest absolute Gasteiger partial charge is 0.330 e. The van der Waals surface area contributed by atoms with E-state index in [1.165, 1.54) is 6.08 Å². The van der Waals surface area contributed by atoms with Crippen molar-refractivity contribution in [3.05, 3.63) is 24.8 Å². The van der Waals surface area contributed by atoms with Crippen LogP contribution in [0.3, 0.4) is 0 Å². The fourth-order valence-corrected chi connectivity index (χ4v) is 0.873. The van der Waals surface area contributed by atoms with Gasteiger partial charge in [-0.3, -0.25) is 0 Å².